The van der Waals surface area contributed by atoms with Crippen LogP contribution in [0, 0.1) is 0 Å². The minimum absolute atomic E-state index is 0.0741. The highest BCUT2D eigenvalue weighted by Gasteiger charge is 2.14. The summed E-state index contributed by atoms with van der Waals surface area (Å²) in [6.07, 6.45) is 0. The minimum atomic E-state index is -1.17. The molecule has 0 atom stereocenters. The Kier molecular flexibility index (Phi) is 3.53. The van der Waals surface area contributed by atoms with Gasteiger partial charge in [-0.1, -0.05) is 11.3 Å². The largest absolute Gasteiger partial charge is 0.476 e. The van der Waals surface area contributed by atoms with Crippen molar-refractivity contribution in [2.24, 2.45) is 0 Å². The zero-order valence-electron chi connectivity index (χ0n) is 8.80. The van der Waals surface area contributed by atoms with Gasteiger partial charge in [0.2, 0.25) is 0 Å². The molecule has 2 rings (SSSR count). The molecule has 94 valence electrons. The summed E-state index contributed by atoms with van der Waals surface area (Å²) < 4.78 is 0. The van der Waals surface area contributed by atoms with Gasteiger partial charge in [0.15, 0.2) is 10.7 Å². The van der Waals surface area contributed by atoms with Gasteiger partial charge in [0.25, 0.3) is 5.91 Å². The van der Waals surface area contributed by atoms with Gasteiger partial charge in [-0.2, -0.15) is 0 Å². The van der Waals surface area contributed by atoms with E-state index >= 15 is 0 Å². The zero-order chi connectivity index (χ0) is 13.1. The Morgan fingerprint density at radius 2 is 2.17 bits per heavy atom. The molecule has 2 aromatic rings. The van der Waals surface area contributed by atoms with Gasteiger partial charge in [-0.25, -0.2) is 9.78 Å². The van der Waals surface area contributed by atoms with Gasteiger partial charge >= 0.3 is 10.8 Å². The van der Waals surface area contributed by atoms with Crippen LogP contribution >= 0.6 is 22.7 Å². The fraction of sp³-hybridized carbons (Fsp3) is 0.111. The average molecular weight is 285 g/mol. The Morgan fingerprint density at radius 1 is 1.39 bits per heavy atom. The van der Waals surface area contributed by atoms with E-state index in [1.54, 1.807) is 5.38 Å². The van der Waals surface area contributed by atoms with Crippen LogP contribution in [0.5, 0.6) is 0 Å². The van der Waals surface area contributed by atoms with Crippen LogP contribution in [0.4, 0.5) is 0 Å². The number of rotatable bonds is 4. The molecule has 2 aromatic heterocycles. The lowest BCUT2D eigenvalue weighted by Crippen LogP contribution is -2.23. The Labute approximate surface area is 108 Å². The molecule has 0 bridgehead atoms. The van der Waals surface area contributed by atoms with Crippen LogP contribution in [0.1, 0.15) is 26.0 Å². The number of thiazole rings is 2. The standard InChI is InChI=1S/C9H7N3O4S2/c13-6(7-12-5(3-17-7)8(14)15)10-1-4-2-18-9(16)11-4/h2-3H,1H2,(H,10,13)(H,11,16)(H,14,15). The van der Waals surface area contributed by atoms with Crippen molar-refractivity contribution in [3.63, 3.8) is 0 Å². The zero-order valence-corrected chi connectivity index (χ0v) is 10.4. The maximum absolute atomic E-state index is 11.6. The second kappa shape index (κ2) is 5.10. The summed E-state index contributed by atoms with van der Waals surface area (Å²) in [6, 6.07) is 0. The van der Waals surface area contributed by atoms with E-state index in [0.717, 1.165) is 22.7 Å². The van der Waals surface area contributed by atoms with Crippen molar-refractivity contribution in [2.45, 2.75) is 6.54 Å². The lowest BCUT2D eigenvalue weighted by atomic mass is 10.4. The number of carbonyl (C=O) groups is 2. The summed E-state index contributed by atoms with van der Waals surface area (Å²) in [6.45, 7) is 0.166. The first kappa shape index (κ1) is 12.5. The Balaban J connectivity index is 1.99. The predicted molar refractivity (Wildman–Crippen MR) is 65.2 cm³/mol. The summed E-state index contributed by atoms with van der Waals surface area (Å²) >= 11 is 1.96. The quantitative estimate of drug-likeness (QED) is 0.758. The molecule has 9 heteroatoms. The number of H-pyrrole nitrogens is 1. The molecule has 1 amide bonds. The molecular weight excluding hydrogens is 278 g/mol. The van der Waals surface area contributed by atoms with Gasteiger partial charge in [-0.3, -0.25) is 9.59 Å². The summed E-state index contributed by atoms with van der Waals surface area (Å²) in [5, 5.41) is 14.2. The van der Waals surface area contributed by atoms with Crippen LogP contribution in [0.2, 0.25) is 0 Å². The van der Waals surface area contributed by atoms with Crippen LogP contribution in [-0.2, 0) is 6.54 Å². The predicted octanol–water partition coefficient (Wildman–Crippen LogP) is 0.521. The van der Waals surface area contributed by atoms with E-state index in [-0.39, 0.29) is 22.1 Å². The van der Waals surface area contributed by atoms with E-state index in [1.165, 1.54) is 5.38 Å². The second-order valence-corrected chi connectivity index (χ2v) is 4.90. The maximum atomic E-state index is 11.6. The van der Waals surface area contributed by atoms with Gasteiger partial charge < -0.3 is 15.4 Å². The molecule has 0 aromatic carbocycles. The lowest BCUT2D eigenvalue weighted by molar-refractivity contribution is 0.0691. The number of hydrogen-bond acceptors (Lipinski definition) is 6. The fourth-order valence-corrected chi connectivity index (χ4v) is 2.42. The third-order valence-electron chi connectivity index (χ3n) is 1.93. The second-order valence-electron chi connectivity index (χ2n) is 3.20. The molecule has 0 aliphatic carbocycles. The van der Waals surface area contributed by atoms with Crippen molar-refractivity contribution in [1.82, 2.24) is 15.3 Å². The number of carbonyl (C=O) groups excluding carboxylic acids is 1. The highest BCUT2D eigenvalue weighted by Crippen LogP contribution is 2.09. The molecule has 0 saturated heterocycles. The van der Waals surface area contributed by atoms with Crippen LogP contribution in [0.25, 0.3) is 0 Å². The van der Waals surface area contributed by atoms with Gasteiger partial charge in [0.1, 0.15) is 0 Å². The molecule has 7 nitrogen and oxygen atoms in total. The third-order valence-corrected chi connectivity index (χ3v) is 3.49. The van der Waals surface area contributed by atoms with Crippen LogP contribution in [0.15, 0.2) is 15.6 Å². The molecule has 0 fully saturated rings. The van der Waals surface area contributed by atoms with Crippen molar-refractivity contribution >= 4 is 34.6 Å². The van der Waals surface area contributed by atoms with Crippen molar-refractivity contribution in [3.8, 4) is 0 Å². The van der Waals surface area contributed by atoms with Crippen molar-refractivity contribution in [1.29, 1.82) is 0 Å². The van der Waals surface area contributed by atoms with Crippen molar-refractivity contribution < 1.29 is 14.7 Å². The Bertz CT molecular complexity index is 642. The first-order valence-electron chi connectivity index (χ1n) is 4.70. The van der Waals surface area contributed by atoms with Gasteiger partial charge in [0, 0.05) is 16.5 Å². The molecule has 0 aliphatic heterocycles. The van der Waals surface area contributed by atoms with Gasteiger partial charge in [0.05, 0.1) is 6.54 Å². The van der Waals surface area contributed by atoms with E-state index in [2.05, 4.69) is 15.3 Å². The van der Waals surface area contributed by atoms with E-state index < -0.39 is 11.9 Å². The number of hydrogen-bond donors (Lipinski definition) is 3. The normalized spacial score (nSPS) is 10.2. The van der Waals surface area contributed by atoms with Gasteiger partial charge in [-0.15, -0.1) is 11.3 Å². The molecule has 0 spiro atoms. The van der Waals surface area contributed by atoms with E-state index in [4.69, 9.17) is 5.11 Å². The smallest absolute Gasteiger partial charge is 0.355 e. The molecule has 0 unspecified atom stereocenters. The summed E-state index contributed by atoms with van der Waals surface area (Å²) in [5.41, 5.74) is 0.433. The van der Waals surface area contributed by atoms with E-state index in [1.807, 2.05) is 0 Å². The van der Waals surface area contributed by atoms with E-state index in [9.17, 15) is 14.4 Å². The first-order valence-corrected chi connectivity index (χ1v) is 6.46. The molecular formula is C9H7N3O4S2. The number of amides is 1. The maximum Gasteiger partial charge on any atom is 0.355 e. The number of carboxylic acid groups (broad SMARTS) is 1. The topological polar surface area (TPSA) is 112 Å². The molecule has 0 radical (unpaired) electrons. The SMILES string of the molecule is O=C(O)c1csc(C(=O)NCc2csc(=O)[nH]2)n1. The number of aromatic nitrogens is 2. The number of aromatic amines is 1. The number of nitrogens with one attached hydrogen (secondary N) is 2. The fourth-order valence-electron chi connectivity index (χ4n) is 1.13. The average Bonchev–Trinajstić information content (AvgIpc) is 2.94. The lowest BCUT2D eigenvalue weighted by Gasteiger charge is -1.99. The number of carboxylic acids is 1. The van der Waals surface area contributed by atoms with Crippen molar-refractivity contribution in [3.05, 3.63) is 36.8 Å². The minimum Gasteiger partial charge on any atom is -0.476 e. The third kappa shape index (κ3) is 2.81. The highest BCUT2D eigenvalue weighted by atomic mass is 32.1. The van der Waals surface area contributed by atoms with E-state index in [0.29, 0.717) is 5.69 Å². The Morgan fingerprint density at radius 3 is 2.72 bits per heavy atom. The highest BCUT2D eigenvalue weighted by molar-refractivity contribution is 7.11. The number of nitrogens with zero attached hydrogens (tertiary/aromatic N) is 1. The number of aromatic carboxylic acids is 1. The summed E-state index contributed by atoms with van der Waals surface area (Å²) in [7, 11) is 0. The molecule has 18 heavy (non-hydrogen) atoms. The Hall–Kier alpha value is -2.00. The summed E-state index contributed by atoms with van der Waals surface area (Å²) in [4.78, 5) is 39.1. The van der Waals surface area contributed by atoms with Crippen LogP contribution in [0.3, 0.4) is 0 Å². The molecule has 0 saturated carbocycles. The first-order chi connectivity index (χ1) is 8.56. The van der Waals surface area contributed by atoms with Gasteiger partial charge in [-0.05, 0) is 0 Å². The van der Waals surface area contributed by atoms with Crippen LogP contribution in [-0.4, -0.2) is 27.0 Å². The molecule has 2 heterocycles. The molecule has 0 aliphatic rings. The van der Waals surface area contributed by atoms with Crippen LogP contribution < -0.4 is 10.2 Å². The summed E-state index contributed by atoms with van der Waals surface area (Å²) in [5.74, 6) is -1.65. The molecule has 3 N–H and O–H groups in total. The van der Waals surface area contributed by atoms with Crippen molar-refractivity contribution in [2.75, 3.05) is 0 Å². The monoisotopic (exact) mass is 285 g/mol.